The average Bonchev–Trinajstić information content (AvgIpc) is 2.37. The number of anilines is 1. The van der Waals surface area contributed by atoms with E-state index in [2.05, 4.69) is 0 Å². The summed E-state index contributed by atoms with van der Waals surface area (Å²) in [5.74, 6) is -0.785. The highest BCUT2D eigenvalue weighted by Crippen LogP contribution is 2.30. The lowest BCUT2D eigenvalue weighted by Gasteiger charge is -2.37. The summed E-state index contributed by atoms with van der Waals surface area (Å²) in [5, 5.41) is 10.1. The second-order valence-electron chi connectivity index (χ2n) is 5.22. The summed E-state index contributed by atoms with van der Waals surface area (Å²) in [6, 6.07) is 4.59. The number of carbonyl (C=O) groups excluding carboxylic acids is 1. The van der Waals surface area contributed by atoms with Crippen LogP contribution < -0.4 is 4.90 Å². The number of rotatable bonds is 3. The minimum absolute atomic E-state index is 0.0475. The lowest BCUT2D eigenvalue weighted by Crippen LogP contribution is -2.44. The number of halogens is 1. The molecule has 2 rings (SSSR count). The molecule has 1 fully saturated rings. The fraction of sp³-hybridized carbons (Fsp3) is 0.533. The normalized spacial score (nSPS) is 23.2. The van der Waals surface area contributed by atoms with E-state index in [0.29, 0.717) is 5.69 Å². The summed E-state index contributed by atoms with van der Waals surface area (Å²) in [6.45, 7) is 1.37. The number of carbonyl (C=O) groups is 1. The van der Waals surface area contributed by atoms with Gasteiger partial charge in [-0.3, -0.25) is 4.79 Å². The van der Waals surface area contributed by atoms with Gasteiger partial charge in [0.15, 0.2) is 5.78 Å². The second kappa shape index (κ2) is 5.70. The zero-order valence-electron chi connectivity index (χ0n) is 11.4. The molecule has 1 aromatic carbocycles. The SMILES string of the molecule is CC(=O)c1c(F)cccc1N(C)C1CCCCC1O. The van der Waals surface area contributed by atoms with Crippen LogP contribution in [0, 0.1) is 5.82 Å². The molecular weight excluding hydrogens is 245 g/mol. The molecule has 1 N–H and O–H groups in total. The molecule has 0 bridgehead atoms. The molecule has 0 spiro atoms. The van der Waals surface area contributed by atoms with Crippen LogP contribution in [0.15, 0.2) is 18.2 Å². The minimum atomic E-state index is -0.498. The average molecular weight is 265 g/mol. The number of likely N-dealkylation sites (N-methyl/N-ethyl adjacent to an activating group) is 1. The number of hydrogen-bond acceptors (Lipinski definition) is 3. The highest BCUT2D eigenvalue weighted by atomic mass is 19.1. The second-order valence-corrected chi connectivity index (χ2v) is 5.22. The minimum Gasteiger partial charge on any atom is -0.391 e. The molecular formula is C15H20FNO2. The van der Waals surface area contributed by atoms with Crippen molar-refractivity contribution in [3.63, 3.8) is 0 Å². The quantitative estimate of drug-likeness (QED) is 0.854. The Labute approximate surface area is 113 Å². The summed E-state index contributed by atoms with van der Waals surface area (Å²) in [6.07, 6.45) is 3.29. The Morgan fingerprint density at radius 1 is 1.37 bits per heavy atom. The number of benzene rings is 1. The topological polar surface area (TPSA) is 40.5 Å². The summed E-state index contributed by atoms with van der Waals surface area (Å²) in [7, 11) is 1.82. The van der Waals surface area contributed by atoms with Crippen LogP contribution in [0.5, 0.6) is 0 Å². The molecule has 19 heavy (non-hydrogen) atoms. The van der Waals surface area contributed by atoms with Crippen LogP contribution in [0.1, 0.15) is 43.0 Å². The largest absolute Gasteiger partial charge is 0.391 e. The number of ketones is 1. The van der Waals surface area contributed by atoms with Crippen LogP contribution in [0.25, 0.3) is 0 Å². The van der Waals surface area contributed by atoms with Crippen molar-refractivity contribution < 1.29 is 14.3 Å². The van der Waals surface area contributed by atoms with Crippen molar-refractivity contribution in [3.8, 4) is 0 Å². The standard InChI is InChI=1S/C15H20FNO2/c1-10(18)15-11(16)6-5-8-13(15)17(2)12-7-3-4-9-14(12)19/h5-6,8,12,14,19H,3-4,7,9H2,1-2H3. The van der Waals surface area contributed by atoms with E-state index in [1.54, 1.807) is 12.1 Å². The van der Waals surface area contributed by atoms with E-state index < -0.39 is 11.9 Å². The lowest BCUT2D eigenvalue weighted by atomic mass is 9.91. The molecule has 0 aliphatic heterocycles. The van der Waals surface area contributed by atoms with Crippen LogP contribution >= 0.6 is 0 Å². The Morgan fingerprint density at radius 3 is 2.68 bits per heavy atom. The van der Waals surface area contributed by atoms with Crippen LogP contribution in [0.2, 0.25) is 0 Å². The van der Waals surface area contributed by atoms with Gasteiger partial charge in [0, 0.05) is 7.05 Å². The predicted molar refractivity (Wildman–Crippen MR) is 73.1 cm³/mol. The molecule has 0 heterocycles. The van der Waals surface area contributed by atoms with Crippen LogP contribution in [0.4, 0.5) is 10.1 Å². The number of aliphatic hydroxyl groups excluding tert-OH is 1. The van der Waals surface area contributed by atoms with Gasteiger partial charge in [0.1, 0.15) is 5.82 Å². The van der Waals surface area contributed by atoms with E-state index in [0.717, 1.165) is 25.7 Å². The van der Waals surface area contributed by atoms with Crippen molar-refractivity contribution in [2.24, 2.45) is 0 Å². The summed E-state index contributed by atoms with van der Waals surface area (Å²) in [5.41, 5.74) is 0.682. The van der Waals surface area contributed by atoms with Gasteiger partial charge in [-0.15, -0.1) is 0 Å². The Kier molecular flexibility index (Phi) is 4.20. The smallest absolute Gasteiger partial charge is 0.164 e. The first kappa shape index (κ1) is 14.0. The monoisotopic (exact) mass is 265 g/mol. The van der Waals surface area contributed by atoms with Crippen LogP contribution in [-0.2, 0) is 0 Å². The molecule has 2 unspecified atom stereocenters. The number of Topliss-reactive ketones (excluding diaryl/α,β-unsaturated/α-hetero) is 1. The molecule has 0 amide bonds. The molecule has 2 atom stereocenters. The van der Waals surface area contributed by atoms with Gasteiger partial charge in [-0.25, -0.2) is 4.39 Å². The van der Waals surface area contributed by atoms with Crippen molar-refractivity contribution in [1.29, 1.82) is 0 Å². The van der Waals surface area contributed by atoms with E-state index >= 15 is 0 Å². The molecule has 0 radical (unpaired) electrons. The maximum absolute atomic E-state index is 13.8. The van der Waals surface area contributed by atoms with E-state index in [9.17, 15) is 14.3 Å². The van der Waals surface area contributed by atoms with E-state index in [4.69, 9.17) is 0 Å². The van der Waals surface area contributed by atoms with Gasteiger partial charge in [0.25, 0.3) is 0 Å². The zero-order chi connectivity index (χ0) is 14.0. The molecule has 1 aliphatic carbocycles. The summed E-state index contributed by atoms with van der Waals surface area (Å²) in [4.78, 5) is 13.5. The van der Waals surface area contributed by atoms with Crippen molar-refractivity contribution >= 4 is 11.5 Å². The Bertz CT molecular complexity index is 475. The predicted octanol–water partition coefficient (Wildman–Crippen LogP) is 2.77. The van der Waals surface area contributed by atoms with Gasteiger partial charge in [-0.05, 0) is 31.9 Å². The van der Waals surface area contributed by atoms with Gasteiger partial charge in [0.2, 0.25) is 0 Å². The van der Waals surface area contributed by atoms with E-state index in [-0.39, 0.29) is 17.4 Å². The Hall–Kier alpha value is -1.42. The molecule has 1 aliphatic rings. The Balaban J connectivity index is 2.35. The third-order valence-corrected chi connectivity index (χ3v) is 3.92. The van der Waals surface area contributed by atoms with Crippen LogP contribution in [-0.4, -0.2) is 30.1 Å². The molecule has 4 heteroatoms. The van der Waals surface area contributed by atoms with E-state index in [1.807, 2.05) is 11.9 Å². The number of hydrogen-bond donors (Lipinski definition) is 1. The first-order valence-corrected chi connectivity index (χ1v) is 6.72. The summed E-state index contributed by atoms with van der Waals surface area (Å²) < 4.78 is 13.8. The lowest BCUT2D eigenvalue weighted by molar-refractivity contribution is 0.1000. The first-order chi connectivity index (χ1) is 9.02. The molecule has 0 aromatic heterocycles. The maximum atomic E-state index is 13.8. The fourth-order valence-corrected chi connectivity index (χ4v) is 2.88. The number of aliphatic hydroxyl groups is 1. The van der Waals surface area contributed by atoms with Gasteiger partial charge in [-0.1, -0.05) is 18.9 Å². The highest BCUT2D eigenvalue weighted by Gasteiger charge is 2.29. The van der Waals surface area contributed by atoms with Crippen molar-refractivity contribution in [3.05, 3.63) is 29.6 Å². The maximum Gasteiger partial charge on any atom is 0.164 e. The third kappa shape index (κ3) is 2.78. The first-order valence-electron chi connectivity index (χ1n) is 6.72. The molecule has 3 nitrogen and oxygen atoms in total. The van der Waals surface area contributed by atoms with Crippen LogP contribution in [0.3, 0.4) is 0 Å². The summed E-state index contributed by atoms with van der Waals surface area (Å²) >= 11 is 0. The highest BCUT2D eigenvalue weighted by molar-refractivity contribution is 6.00. The van der Waals surface area contributed by atoms with Gasteiger partial charge < -0.3 is 10.0 Å². The Morgan fingerprint density at radius 2 is 2.05 bits per heavy atom. The molecule has 104 valence electrons. The van der Waals surface area contributed by atoms with Crippen molar-refractivity contribution in [1.82, 2.24) is 0 Å². The number of nitrogens with zero attached hydrogens (tertiary/aromatic N) is 1. The van der Waals surface area contributed by atoms with Gasteiger partial charge in [-0.2, -0.15) is 0 Å². The third-order valence-electron chi connectivity index (χ3n) is 3.92. The molecule has 1 saturated carbocycles. The van der Waals surface area contributed by atoms with Crippen molar-refractivity contribution in [2.45, 2.75) is 44.8 Å². The van der Waals surface area contributed by atoms with Gasteiger partial charge in [0.05, 0.1) is 23.4 Å². The fourth-order valence-electron chi connectivity index (χ4n) is 2.88. The van der Waals surface area contributed by atoms with E-state index in [1.165, 1.54) is 13.0 Å². The zero-order valence-corrected chi connectivity index (χ0v) is 11.4. The molecule has 1 aromatic rings. The van der Waals surface area contributed by atoms with Crippen molar-refractivity contribution in [2.75, 3.05) is 11.9 Å². The van der Waals surface area contributed by atoms with Gasteiger partial charge >= 0.3 is 0 Å². The molecule has 0 saturated heterocycles.